The molecular formula is C32H63N. The van der Waals surface area contributed by atoms with Crippen molar-refractivity contribution in [1.29, 1.82) is 5.26 Å². The number of rotatable bonds is 11. The number of allylic oxidation sites excluding steroid dienone is 1. The van der Waals surface area contributed by atoms with Crippen LogP contribution in [0.2, 0.25) is 0 Å². The number of hydrogen-bond acceptors (Lipinski definition) is 1. The minimum Gasteiger partial charge on any atom is -0.193 e. The fourth-order valence-electron chi connectivity index (χ4n) is 6.39. The first kappa shape index (κ1) is 34.4. The van der Waals surface area contributed by atoms with Gasteiger partial charge in [0.2, 0.25) is 0 Å². The van der Waals surface area contributed by atoms with Crippen molar-refractivity contribution in [1.82, 2.24) is 0 Å². The molecule has 0 N–H and O–H groups in total. The molecule has 5 atom stereocenters. The molecule has 0 aromatic heterocycles. The summed E-state index contributed by atoms with van der Waals surface area (Å²) in [6.07, 6.45) is 20.7. The average Bonchev–Trinajstić information content (AvgIpc) is 2.86. The largest absolute Gasteiger partial charge is 0.193 e. The Labute approximate surface area is 211 Å². The highest BCUT2D eigenvalue weighted by atomic mass is 14.5. The standard InChI is InChI=1S/C26H45N.3C2H6/c1-5-10-22(3)24(13-8-11-21(2)20-27)14-9-12-23-16-17-25-15-6-7-18-26(25,4)19-23;3*1-2/h22-25H,2,5-19H2,1,3-4H3;3*1-2H3. The van der Waals surface area contributed by atoms with Gasteiger partial charge in [-0.05, 0) is 74.0 Å². The molecule has 0 saturated heterocycles. The van der Waals surface area contributed by atoms with Crippen molar-refractivity contribution in [3.05, 3.63) is 12.2 Å². The van der Waals surface area contributed by atoms with E-state index in [-0.39, 0.29) is 0 Å². The Morgan fingerprint density at radius 1 is 0.970 bits per heavy atom. The monoisotopic (exact) mass is 461 g/mol. The van der Waals surface area contributed by atoms with Crippen molar-refractivity contribution in [2.24, 2.45) is 29.1 Å². The molecule has 2 rings (SSSR count). The van der Waals surface area contributed by atoms with Crippen LogP contribution < -0.4 is 0 Å². The van der Waals surface area contributed by atoms with Crippen LogP contribution >= 0.6 is 0 Å². The smallest absolute Gasteiger partial charge is 0.0940 e. The van der Waals surface area contributed by atoms with Gasteiger partial charge in [0.1, 0.15) is 0 Å². The van der Waals surface area contributed by atoms with E-state index < -0.39 is 0 Å². The molecule has 2 saturated carbocycles. The molecule has 0 amide bonds. The zero-order chi connectivity index (χ0) is 25.7. The van der Waals surface area contributed by atoms with Crippen molar-refractivity contribution in [3.63, 3.8) is 0 Å². The molecule has 0 aliphatic heterocycles. The maximum absolute atomic E-state index is 8.93. The minimum absolute atomic E-state index is 0.674. The molecule has 0 heterocycles. The molecule has 5 unspecified atom stereocenters. The summed E-state index contributed by atoms with van der Waals surface area (Å²) in [6, 6.07) is 2.21. The van der Waals surface area contributed by atoms with Crippen molar-refractivity contribution in [3.8, 4) is 6.07 Å². The quantitative estimate of drug-likeness (QED) is 0.280. The summed E-state index contributed by atoms with van der Waals surface area (Å²) >= 11 is 0. The highest BCUT2D eigenvalue weighted by Gasteiger charge is 2.41. The summed E-state index contributed by atoms with van der Waals surface area (Å²) in [5, 5.41) is 8.93. The van der Waals surface area contributed by atoms with E-state index >= 15 is 0 Å². The summed E-state index contributed by atoms with van der Waals surface area (Å²) in [6.45, 7) is 23.2. The topological polar surface area (TPSA) is 23.8 Å². The van der Waals surface area contributed by atoms with Crippen molar-refractivity contribution >= 4 is 0 Å². The maximum Gasteiger partial charge on any atom is 0.0940 e. The van der Waals surface area contributed by atoms with Crippen LogP contribution in [0.4, 0.5) is 0 Å². The van der Waals surface area contributed by atoms with Gasteiger partial charge in [-0.15, -0.1) is 0 Å². The van der Waals surface area contributed by atoms with E-state index in [0.717, 1.165) is 42.1 Å². The first-order valence-corrected chi connectivity index (χ1v) is 15.1. The normalized spacial score (nSPS) is 25.2. The molecule has 0 bridgehead atoms. The first-order valence-electron chi connectivity index (χ1n) is 15.1. The molecule has 33 heavy (non-hydrogen) atoms. The van der Waals surface area contributed by atoms with E-state index in [9.17, 15) is 0 Å². The van der Waals surface area contributed by atoms with Crippen LogP contribution in [-0.4, -0.2) is 0 Å². The van der Waals surface area contributed by atoms with Gasteiger partial charge in [0.15, 0.2) is 0 Å². The van der Waals surface area contributed by atoms with Gasteiger partial charge in [-0.25, -0.2) is 0 Å². The van der Waals surface area contributed by atoms with Gasteiger partial charge in [-0.2, -0.15) is 5.26 Å². The molecule has 0 aromatic rings. The van der Waals surface area contributed by atoms with Gasteiger partial charge < -0.3 is 0 Å². The van der Waals surface area contributed by atoms with E-state index in [1.165, 1.54) is 83.5 Å². The lowest BCUT2D eigenvalue weighted by Crippen LogP contribution is -2.37. The Bertz CT molecular complexity index is 487. The lowest BCUT2D eigenvalue weighted by atomic mass is 9.57. The average molecular weight is 462 g/mol. The fraction of sp³-hybridized carbons (Fsp3) is 0.906. The van der Waals surface area contributed by atoms with Crippen molar-refractivity contribution < 1.29 is 0 Å². The predicted octanol–water partition coefficient (Wildman–Crippen LogP) is 11.5. The molecule has 0 aromatic carbocycles. The van der Waals surface area contributed by atoms with Gasteiger partial charge in [0.25, 0.3) is 0 Å². The second kappa shape index (κ2) is 21.7. The highest BCUT2D eigenvalue weighted by Crippen LogP contribution is 2.52. The van der Waals surface area contributed by atoms with Gasteiger partial charge >= 0.3 is 0 Å². The Morgan fingerprint density at radius 3 is 2.21 bits per heavy atom. The third kappa shape index (κ3) is 13.6. The number of fused-ring (bicyclic) bond motifs is 1. The molecule has 1 heteroatoms. The van der Waals surface area contributed by atoms with Crippen LogP contribution in [0.1, 0.15) is 159 Å². The van der Waals surface area contributed by atoms with Crippen molar-refractivity contribution in [2.45, 2.75) is 159 Å². The van der Waals surface area contributed by atoms with Gasteiger partial charge in [-0.1, -0.05) is 120 Å². The zero-order valence-corrected chi connectivity index (χ0v) is 24.6. The van der Waals surface area contributed by atoms with Gasteiger partial charge in [0.05, 0.1) is 6.07 Å². The molecule has 2 aliphatic rings. The third-order valence-corrected chi connectivity index (χ3v) is 8.16. The fourth-order valence-corrected chi connectivity index (χ4v) is 6.39. The molecule has 0 radical (unpaired) electrons. The van der Waals surface area contributed by atoms with Crippen LogP contribution in [0, 0.1) is 40.4 Å². The van der Waals surface area contributed by atoms with Crippen LogP contribution in [0.15, 0.2) is 12.2 Å². The zero-order valence-electron chi connectivity index (χ0n) is 24.6. The van der Waals surface area contributed by atoms with E-state index in [2.05, 4.69) is 33.4 Å². The number of nitrogens with zero attached hydrogens (tertiary/aromatic N) is 1. The molecule has 2 aliphatic carbocycles. The summed E-state index contributed by atoms with van der Waals surface area (Å²) in [4.78, 5) is 0. The van der Waals surface area contributed by atoms with Crippen LogP contribution in [0.25, 0.3) is 0 Å². The highest BCUT2D eigenvalue weighted by molar-refractivity contribution is 5.15. The summed E-state index contributed by atoms with van der Waals surface area (Å²) < 4.78 is 0. The molecule has 0 spiro atoms. The van der Waals surface area contributed by atoms with Crippen LogP contribution in [-0.2, 0) is 0 Å². The summed E-state index contributed by atoms with van der Waals surface area (Å²) in [5.41, 5.74) is 1.43. The second-order valence-corrected chi connectivity index (χ2v) is 10.3. The Hall–Kier alpha value is -0.770. The van der Waals surface area contributed by atoms with Gasteiger partial charge in [-0.3, -0.25) is 0 Å². The summed E-state index contributed by atoms with van der Waals surface area (Å²) in [7, 11) is 0. The third-order valence-electron chi connectivity index (χ3n) is 8.16. The van der Waals surface area contributed by atoms with E-state index in [0.29, 0.717) is 5.41 Å². The molecule has 2 fully saturated rings. The SMILES string of the molecule is C=C(C#N)CCCC(CCCC1CCC2CCCCC2(C)C1)C(C)CCC.CC.CC.CC. The van der Waals surface area contributed by atoms with Crippen molar-refractivity contribution in [2.75, 3.05) is 0 Å². The van der Waals surface area contributed by atoms with E-state index in [1.54, 1.807) is 0 Å². The minimum atomic E-state index is 0.674. The maximum atomic E-state index is 8.93. The molecule has 196 valence electrons. The number of nitriles is 1. The Morgan fingerprint density at radius 2 is 1.61 bits per heavy atom. The lowest BCUT2D eigenvalue weighted by molar-refractivity contribution is 0.0303. The predicted molar refractivity (Wildman–Crippen MR) is 151 cm³/mol. The van der Waals surface area contributed by atoms with E-state index in [1.807, 2.05) is 41.5 Å². The summed E-state index contributed by atoms with van der Waals surface area (Å²) in [5.74, 6) is 3.70. The number of hydrogen-bond donors (Lipinski definition) is 0. The van der Waals surface area contributed by atoms with E-state index in [4.69, 9.17) is 5.26 Å². The second-order valence-electron chi connectivity index (χ2n) is 10.3. The molecule has 1 nitrogen and oxygen atoms in total. The van der Waals surface area contributed by atoms with Crippen LogP contribution in [0.5, 0.6) is 0 Å². The first-order chi connectivity index (χ1) is 16.0. The lowest BCUT2D eigenvalue weighted by Gasteiger charge is -2.48. The molecular weight excluding hydrogens is 398 g/mol. The Kier molecular flexibility index (Phi) is 22.7. The van der Waals surface area contributed by atoms with Crippen LogP contribution in [0.3, 0.4) is 0 Å². The van der Waals surface area contributed by atoms with Gasteiger partial charge in [0, 0.05) is 5.57 Å². The Balaban J connectivity index is 0.